The van der Waals surface area contributed by atoms with E-state index in [9.17, 15) is 4.79 Å². The van der Waals surface area contributed by atoms with Gasteiger partial charge in [0.05, 0.1) is 6.10 Å². The molecule has 0 saturated heterocycles. The topological polar surface area (TPSA) is 96.9 Å². The normalized spacial score (nSPS) is 23.8. The number of nitrogens with one attached hydrogen (secondary N) is 1. The number of ether oxygens (including phenoxy) is 1. The minimum atomic E-state index is -0.775. The molecule has 0 radical (unpaired) electrons. The van der Waals surface area contributed by atoms with Gasteiger partial charge < -0.3 is 21.0 Å². The number of amides is 1. The summed E-state index contributed by atoms with van der Waals surface area (Å²) in [5.41, 5.74) is 6.35. The highest BCUT2D eigenvalue weighted by Crippen LogP contribution is 2.24. The second-order valence-electron chi connectivity index (χ2n) is 4.90. The van der Waals surface area contributed by atoms with Gasteiger partial charge in [-0.25, -0.2) is 0 Å². The maximum Gasteiger partial charge on any atom is 0.235 e. The lowest BCUT2D eigenvalue weighted by molar-refractivity contribution is -0.123. The Kier molecular flexibility index (Phi) is 4.57. The number of benzene rings is 1. The highest BCUT2D eigenvalue weighted by atomic mass is 16.5. The molecule has 1 aromatic carbocycles. The maximum atomic E-state index is 12.3. The first kappa shape index (κ1) is 14.3. The Morgan fingerprint density at radius 1 is 1.45 bits per heavy atom. The second kappa shape index (κ2) is 6.38. The molecule has 0 bridgehead atoms. The van der Waals surface area contributed by atoms with Crippen LogP contribution in [0.4, 0.5) is 0 Å². The van der Waals surface area contributed by atoms with Crippen LogP contribution < -0.4 is 11.1 Å². The minimum absolute atomic E-state index is 0.0881. The molecule has 6 nitrogen and oxygen atoms in total. The van der Waals surface area contributed by atoms with Crippen molar-refractivity contribution in [3.63, 3.8) is 0 Å². The minimum Gasteiger partial charge on any atom is -0.409 e. The van der Waals surface area contributed by atoms with E-state index < -0.39 is 5.92 Å². The summed E-state index contributed by atoms with van der Waals surface area (Å²) in [6.45, 7) is 0. The summed E-state index contributed by atoms with van der Waals surface area (Å²) in [6.07, 6.45) is 1.79. The lowest BCUT2D eigenvalue weighted by Crippen LogP contribution is -2.50. The Bertz CT molecular complexity index is 484. The van der Waals surface area contributed by atoms with Gasteiger partial charge in [0, 0.05) is 13.2 Å². The van der Waals surface area contributed by atoms with Crippen molar-refractivity contribution in [1.82, 2.24) is 5.32 Å². The standard InChI is InChI=1S/C14H19N3O3/c1-20-11-7-10(8-11)16-14(18)12(13(15)17-19)9-5-3-2-4-6-9/h2-6,10-12,19H,7-8H2,1H3,(H2,15,17)(H,16,18). The van der Waals surface area contributed by atoms with Gasteiger partial charge in [0.2, 0.25) is 5.91 Å². The van der Waals surface area contributed by atoms with E-state index >= 15 is 0 Å². The van der Waals surface area contributed by atoms with E-state index in [0.717, 1.165) is 12.8 Å². The zero-order valence-corrected chi connectivity index (χ0v) is 11.3. The van der Waals surface area contributed by atoms with Crippen molar-refractivity contribution in [1.29, 1.82) is 0 Å². The van der Waals surface area contributed by atoms with Gasteiger partial charge in [-0.3, -0.25) is 4.79 Å². The largest absolute Gasteiger partial charge is 0.409 e. The van der Waals surface area contributed by atoms with Crippen LogP contribution in [0.3, 0.4) is 0 Å². The molecular weight excluding hydrogens is 258 g/mol. The fraction of sp³-hybridized carbons (Fsp3) is 0.429. The monoisotopic (exact) mass is 277 g/mol. The Hall–Kier alpha value is -2.08. The number of oxime groups is 1. The van der Waals surface area contributed by atoms with Crippen molar-refractivity contribution in [2.45, 2.75) is 30.9 Å². The molecule has 1 fully saturated rings. The lowest BCUT2D eigenvalue weighted by atomic mass is 9.88. The first-order valence-electron chi connectivity index (χ1n) is 6.51. The molecular formula is C14H19N3O3. The van der Waals surface area contributed by atoms with Gasteiger partial charge in [-0.2, -0.15) is 0 Å². The average Bonchev–Trinajstić information content (AvgIpc) is 2.43. The number of nitrogens with zero attached hydrogens (tertiary/aromatic N) is 1. The maximum absolute atomic E-state index is 12.3. The third-order valence-corrected chi connectivity index (χ3v) is 3.58. The third kappa shape index (κ3) is 3.08. The van der Waals surface area contributed by atoms with Gasteiger partial charge in [0.25, 0.3) is 0 Å². The van der Waals surface area contributed by atoms with Crippen LogP contribution in [0.15, 0.2) is 35.5 Å². The molecule has 1 aliphatic rings. The molecule has 1 amide bonds. The van der Waals surface area contributed by atoms with Crippen molar-refractivity contribution in [3.05, 3.63) is 35.9 Å². The first-order valence-corrected chi connectivity index (χ1v) is 6.51. The van der Waals surface area contributed by atoms with Gasteiger partial charge in [-0.15, -0.1) is 0 Å². The van der Waals surface area contributed by atoms with E-state index in [4.69, 9.17) is 15.7 Å². The van der Waals surface area contributed by atoms with Gasteiger partial charge in [-0.1, -0.05) is 35.5 Å². The number of nitrogens with two attached hydrogens (primary N) is 1. The summed E-state index contributed by atoms with van der Waals surface area (Å²) in [7, 11) is 1.66. The van der Waals surface area contributed by atoms with Crippen LogP contribution in [-0.2, 0) is 9.53 Å². The number of carbonyl (C=O) groups is 1. The molecule has 0 heterocycles. The van der Waals surface area contributed by atoms with Crippen LogP contribution in [0.25, 0.3) is 0 Å². The summed E-state index contributed by atoms with van der Waals surface area (Å²) >= 11 is 0. The van der Waals surface area contributed by atoms with E-state index in [1.807, 2.05) is 18.2 Å². The van der Waals surface area contributed by atoms with Crippen LogP contribution in [0.5, 0.6) is 0 Å². The van der Waals surface area contributed by atoms with Gasteiger partial charge in [-0.05, 0) is 18.4 Å². The van der Waals surface area contributed by atoms with E-state index in [2.05, 4.69) is 10.5 Å². The molecule has 2 rings (SSSR count). The fourth-order valence-corrected chi connectivity index (χ4v) is 2.32. The van der Waals surface area contributed by atoms with Gasteiger partial charge in [0.1, 0.15) is 5.92 Å². The molecule has 1 saturated carbocycles. The fourth-order valence-electron chi connectivity index (χ4n) is 2.32. The van der Waals surface area contributed by atoms with Crippen molar-refractivity contribution in [2.75, 3.05) is 7.11 Å². The summed E-state index contributed by atoms with van der Waals surface area (Å²) in [4.78, 5) is 12.3. The highest BCUT2D eigenvalue weighted by Gasteiger charge is 2.33. The number of rotatable bonds is 5. The zero-order valence-electron chi connectivity index (χ0n) is 11.3. The van der Waals surface area contributed by atoms with Crippen molar-refractivity contribution < 1.29 is 14.7 Å². The quantitative estimate of drug-likeness (QED) is 0.321. The van der Waals surface area contributed by atoms with E-state index in [1.165, 1.54) is 0 Å². The third-order valence-electron chi connectivity index (χ3n) is 3.58. The number of carbonyl (C=O) groups excluding carboxylic acids is 1. The smallest absolute Gasteiger partial charge is 0.235 e. The van der Waals surface area contributed by atoms with Crippen LogP contribution in [0.1, 0.15) is 24.3 Å². The molecule has 1 unspecified atom stereocenters. The Balaban J connectivity index is 2.06. The number of hydrogen-bond donors (Lipinski definition) is 3. The molecule has 0 aliphatic heterocycles. The van der Waals surface area contributed by atoms with Crippen LogP contribution >= 0.6 is 0 Å². The second-order valence-corrected chi connectivity index (χ2v) is 4.90. The number of hydrogen-bond acceptors (Lipinski definition) is 4. The summed E-state index contributed by atoms with van der Waals surface area (Å²) in [5, 5.41) is 14.7. The Labute approximate surface area is 117 Å². The van der Waals surface area contributed by atoms with Crippen LogP contribution in [-0.4, -0.2) is 36.2 Å². The Morgan fingerprint density at radius 3 is 2.65 bits per heavy atom. The number of amidine groups is 1. The zero-order chi connectivity index (χ0) is 14.5. The van der Waals surface area contributed by atoms with Gasteiger partial charge >= 0.3 is 0 Å². The average molecular weight is 277 g/mol. The SMILES string of the molecule is COC1CC(NC(=O)C(/C(N)=N/O)c2ccccc2)C1. The molecule has 0 aromatic heterocycles. The highest BCUT2D eigenvalue weighted by molar-refractivity contribution is 6.07. The molecule has 1 aliphatic carbocycles. The molecule has 1 atom stereocenters. The predicted molar refractivity (Wildman–Crippen MR) is 74.6 cm³/mol. The molecule has 20 heavy (non-hydrogen) atoms. The van der Waals surface area contributed by atoms with E-state index in [1.54, 1.807) is 19.2 Å². The number of methoxy groups -OCH3 is 1. The first-order chi connectivity index (χ1) is 9.65. The summed E-state index contributed by atoms with van der Waals surface area (Å²) in [5.74, 6) is -1.15. The van der Waals surface area contributed by atoms with Crippen LogP contribution in [0, 0.1) is 0 Å². The summed E-state index contributed by atoms with van der Waals surface area (Å²) in [6, 6.07) is 9.11. The molecule has 4 N–H and O–H groups in total. The van der Waals surface area contributed by atoms with Crippen molar-refractivity contribution in [3.8, 4) is 0 Å². The molecule has 1 aromatic rings. The molecule has 6 heteroatoms. The molecule has 108 valence electrons. The predicted octanol–water partition coefficient (Wildman–Crippen LogP) is 0.810. The van der Waals surface area contributed by atoms with E-state index in [-0.39, 0.29) is 23.9 Å². The van der Waals surface area contributed by atoms with Crippen LogP contribution in [0.2, 0.25) is 0 Å². The summed E-state index contributed by atoms with van der Waals surface area (Å²) < 4.78 is 5.17. The van der Waals surface area contributed by atoms with Gasteiger partial charge in [0.15, 0.2) is 5.84 Å². The van der Waals surface area contributed by atoms with Crippen molar-refractivity contribution >= 4 is 11.7 Å². The Morgan fingerprint density at radius 2 is 2.10 bits per heavy atom. The van der Waals surface area contributed by atoms with Crippen molar-refractivity contribution in [2.24, 2.45) is 10.9 Å². The van der Waals surface area contributed by atoms with E-state index in [0.29, 0.717) is 5.56 Å². The lowest BCUT2D eigenvalue weighted by Gasteiger charge is -2.35. The molecule has 0 spiro atoms.